The molecule has 5 nitrogen and oxygen atoms in total. The second-order valence-electron chi connectivity index (χ2n) is 4.30. The van der Waals surface area contributed by atoms with E-state index in [-0.39, 0.29) is 17.4 Å². The fourth-order valence-electron chi connectivity index (χ4n) is 1.60. The fourth-order valence-corrected chi connectivity index (χ4v) is 1.60. The summed E-state index contributed by atoms with van der Waals surface area (Å²) in [6.45, 7) is 1.76. The van der Waals surface area contributed by atoms with E-state index in [0.29, 0.717) is 17.8 Å². The van der Waals surface area contributed by atoms with Crippen LogP contribution in [-0.4, -0.2) is 16.8 Å². The molecule has 21 heavy (non-hydrogen) atoms. The summed E-state index contributed by atoms with van der Waals surface area (Å²) < 4.78 is 12.7. The second kappa shape index (κ2) is 6.60. The quantitative estimate of drug-likeness (QED) is 0.849. The molecule has 2 aromatic rings. The van der Waals surface area contributed by atoms with Crippen molar-refractivity contribution in [3.63, 3.8) is 0 Å². The maximum Gasteiger partial charge on any atom is 0.257 e. The molecule has 2 rings (SSSR count). The maximum absolute atomic E-state index is 12.7. The van der Waals surface area contributed by atoms with Crippen molar-refractivity contribution in [2.75, 3.05) is 10.6 Å². The zero-order valence-corrected chi connectivity index (χ0v) is 11.4. The molecule has 6 heteroatoms. The van der Waals surface area contributed by atoms with Crippen LogP contribution in [0.2, 0.25) is 0 Å². The van der Waals surface area contributed by atoms with Crippen molar-refractivity contribution in [2.45, 2.75) is 13.3 Å². The van der Waals surface area contributed by atoms with E-state index in [2.05, 4.69) is 15.6 Å². The van der Waals surface area contributed by atoms with Crippen LogP contribution >= 0.6 is 0 Å². The molecule has 1 aromatic carbocycles. The Morgan fingerprint density at radius 1 is 1.05 bits per heavy atom. The van der Waals surface area contributed by atoms with Gasteiger partial charge in [0.25, 0.3) is 5.91 Å². The number of hydrogen-bond acceptors (Lipinski definition) is 3. The average molecular weight is 287 g/mol. The number of anilines is 2. The topological polar surface area (TPSA) is 71.1 Å². The van der Waals surface area contributed by atoms with Gasteiger partial charge >= 0.3 is 0 Å². The summed E-state index contributed by atoms with van der Waals surface area (Å²) in [5, 5.41) is 5.36. The normalized spacial score (nSPS) is 10.0. The Hall–Kier alpha value is -2.76. The summed E-state index contributed by atoms with van der Waals surface area (Å²) in [6.07, 6.45) is 1.57. The van der Waals surface area contributed by atoms with Crippen LogP contribution in [0.3, 0.4) is 0 Å². The largest absolute Gasteiger partial charge is 0.326 e. The molecule has 108 valence electrons. The zero-order valence-electron chi connectivity index (χ0n) is 11.4. The van der Waals surface area contributed by atoms with Crippen molar-refractivity contribution in [1.29, 1.82) is 0 Å². The SMILES string of the molecule is CCC(=O)Nc1ccc(NC(=O)c2ccc(F)nc2)cc1. The number of pyridine rings is 1. The second-order valence-corrected chi connectivity index (χ2v) is 4.30. The van der Waals surface area contributed by atoms with Gasteiger partial charge in [-0.3, -0.25) is 9.59 Å². The molecule has 0 aliphatic heterocycles. The first kappa shape index (κ1) is 14.6. The fraction of sp³-hybridized carbons (Fsp3) is 0.133. The van der Waals surface area contributed by atoms with Crippen LogP contribution in [0.4, 0.5) is 15.8 Å². The number of rotatable bonds is 4. The lowest BCUT2D eigenvalue weighted by atomic mass is 10.2. The van der Waals surface area contributed by atoms with Gasteiger partial charge in [0.2, 0.25) is 11.9 Å². The summed E-state index contributed by atoms with van der Waals surface area (Å²) in [5.74, 6) is -1.10. The zero-order chi connectivity index (χ0) is 15.2. The molecular formula is C15H14FN3O2. The first-order valence-electron chi connectivity index (χ1n) is 6.41. The minimum atomic E-state index is -0.637. The number of halogens is 1. The van der Waals surface area contributed by atoms with Crippen LogP contribution < -0.4 is 10.6 Å². The van der Waals surface area contributed by atoms with E-state index in [1.165, 1.54) is 12.3 Å². The minimum Gasteiger partial charge on any atom is -0.326 e. The molecule has 0 bridgehead atoms. The summed E-state index contributed by atoms with van der Waals surface area (Å²) in [4.78, 5) is 26.6. The Kier molecular flexibility index (Phi) is 4.61. The Labute approximate surface area is 121 Å². The van der Waals surface area contributed by atoms with Crippen molar-refractivity contribution in [3.8, 4) is 0 Å². The number of hydrogen-bond donors (Lipinski definition) is 2. The van der Waals surface area contributed by atoms with Gasteiger partial charge in [0.05, 0.1) is 5.56 Å². The van der Waals surface area contributed by atoms with Gasteiger partial charge < -0.3 is 10.6 Å². The summed E-state index contributed by atoms with van der Waals surface area (Å²) in [7, 11) is 0. The molecule has 0 saturated carbocycles. The summed E-state index contributed by atoms with van der Waals surface area (Å²) >= 11 is 0. The van der Waals surface area contributed by atoms with Crippen molar-refractivity contribution in [1.82, 2.24) is 4.98 Å². The highest BCUT2D eigenvalue weighted by Crippen LogP contribution is 2.14. The molecule has 1 heterocycles. The number of aromatic nitrogens is 1. The van der Waals surface area contributed by atoms with E-state index in [0.717, 1.165) is 6.07 Å². The number of nitrogens with one attached hydrogen (secondary N) is 2. The first-order valence-corrected chi connectivity index (χ1v) is 6.41. The predicted octanol–water partition coefficient (Wildman–Crippen LogP) is 2.82. The smallest absolute Gasteiger partial charge is 0.257 e. The number of amides is 2. The number of benzene rings is 1. The van der Waals surface area contributed by atoms with Crippen LogP contribution in [0.5, 0.6) is 0 Å². The molecule has 0 aliphatic rings. The number of nitrogens with zero attached hydrogens (tertiary/aromatic N) is 1. The highest BCUT2D eigenvalue weighted by molar-refractivity contribution is 6.04. The third-order valence-corrected chi connectivity index (χ3v) is 2.74. The summed E-state index contributed by atoms with van der Waals surface area (Å²) in [5.41, 5.74) is 1.49. The van der Waals surface area contributed by atoms with E-state index >= 15 is 0 Å². The van der Waals surface area contributed by atoms with Gasteiger partial charge in [-0.2, -0.15) is 4.39 Å². The van der Waals surface area contributed by atoms with Crippen LogP contribution in [0.25, 0.3) is 0 Å². The lowest BCUT2D eigenvalue weighted by Crippen LogP contribution is -2.13. The molecule has 2 amide bonds. The van der Waals surface area contributed by atoms with Gasteiger partial charge in [-0.25, -0.2) is 4.98 Å². The van der Waals surface area contributed by atoms with Crippen molar-refractivity contribution in [3.05, 3.63) is 54.1 Å². The molecular weight excluding hydrogens is 273 g/mol. The average Bonchev–Trinajstić information content (AvgIpc) is 2.49. The lowest BCUT2D eigenvalue weighted by Gasteiger charge is -2.07. The van der Waals surface area contributed by atoms with Crippen LogP contribution in [-0.2, 0) is 4.79 Å². The molecule has 0 aliphatic carbocycles. The molecule has 0 unspecified atom stereocenters. The molecule has 0 spiro atoms. The summed E-state index contributed by atoms with van der Waals surface area (Å²) in [6, 6.07) is 9.18. The molecule has 0 saturated heterocycles. The third-order valence-electron chi connectivity index (χ3n) is 2.74. The highest BCUT2D eigenvalue weighted by atomic mass is 19.1. The van der Waals surface area contributed by atoms with Crippen LogP contribution in [0.15, 0.2) is 42.6 Å². The van der Waals surface area contributed by atoms with Crippen molar-refractivity contribution >= 4 is 23.2 Å². The third kappa shape index (κ3) is 4.10. The molecule has 0 fully saturated rings. The van der Waals surface area contributed by atoms with Crippen molar-refractivity contribution in [2.24, 2.45) is 0 Å². The molecule has 1 aromatic heterocycles. The van der Waals surface area contributed by atoms with Gasteiger partial charge in [0, 0.05) is 24.0 Å². The van der Waals surface area contributed by atoms with Crippen molar-refractivity contribution < 1.29 is 14.0 Å². The molecule has 0 atom stereocenters. The standard InChI is InChI=1S/C15H14FN3O2/c1-2-14(20)18-11-4-6-12(7-5-11)19-15(21)10-3-8-13(16)17-9-10/h3-9H,2H2,1H3,(H,18,20)(H,19,21). The van der Waals surface area contributed by atoms with Crippen LogP contribution in [0, 0.1) is 5.95 Å². The molecule has 0 radical (unpaired) electrons. The van der Waals surface area contributed by atoms with Gasteiger partial charge in [-0.05, 0) is 36.4 Å². The van der Waals surface area contributed by atoms with Gasteiger partial charge in [0.1, 0.15) is 0 Å². The van der Waals surface area contributed by atoms with E-state index in [9.17, 15) is 14.0 Å². The van der Waals surface area contributed by atoms with E-state index in [4.69, 9.17) is 0 Å². The van der Waals surface area contributed by atoms with Crippen LogP contribution in [0.1, 0.15) is 23.7 Å². The van der Waals surface area contributed by atoms with Gasteiger partial charge in [-0.1, -0.05) is 6.92 Å². The number of carbonyl (C=O) groups is 2. The monoisotopic (exact) mass is 287 g/mol. The Morgan fingerprint density at radius 3 is 2.19 bits per heavy atom. The Balaban J connectivity index is 2.01. The molecule has 2 N–H and O–H groups in total. The first-order chi connectivity index (χ1) is 10.1. The maximum atomic E-state index is 12.7. The Morgan fingerprint density at radius 2 is 1.67 bits per heavy atom. The van der Waals surface area contributed by atoms with E-state index in [1.807, 2.05) is 0 Å². The Bertz CT molecular complexity index is 639. The van der Waals surface area contributed by atoms with Gasteiger partial charge in [0.15, 0.2) is 0 Å². The predicted molar refractivity (Wildman–Crippen MR) is 77.5 cm³/mol. The number of carbonyl (C=O) groups excluding carboxylic acids is 2. The highest BCUT2D eigenvalue weighted by Gasteiger charge is 2.07. The van der Waals surface area contributed by atoms with E-state index in [1.54, 1.807) is 31.2 Å². The lowest BCUT2D eigenvalue weighted by molar-refractivity contribution is -0.115. The minimum absolute atomic E-state index is 0.0795. The van der Waals surface area contributed by atoms with Gasteiger partial charge in [-0.15, -0.1) is 0 Å². The van der Waals surface area contributed by atoms with E-state index < -0.39 is 5.95 Å².